The molecule has 1 rings (SSSR count). The Morgan fingerprint density at radius 2 is 1.86 bits per heavy atom. The lowest BCUT2D eigenvalue weighted by Crippen LogP contribution is -2.29. The molecule has 122 valence electrons. The molecule has 0 spiro atoms. The van der Waals surface area contributed by atoms with Crippen molar-refractivity contribution >= 4 is 33.3 Å². The van der Waals surface area contributed by atoms with E-state index >= 15 is 0 Å². The number of hydrogen-bond acceptors (Lipinski definition) is 4. The molecule has 0 aromatic heterocycles. The lowest BCUT2D eigenvalue weighted by molar-refractivity contribution is -0.148. The molecule has 0 saturated heterocycles. The zero-order chi connectivity index (χ0) is 17.1. The normalized spacial score (nSPS) is 11.8. The monoisotopic (exact) mass is 328 g/mol. The highest BCUT2D eigenvalue weighted by atomic mass is 32.2. The average Bonchev–Trinajstić information content (AvgIpc) is 2.30. The summed E-state index contributed by atoms with van der Waals surface area (Å²) in [5.74, 6) is -1.52. The number of anilines is 2. The molecular formula is C14H20N2O5S. The van der Waals surface area contributed by atoms with Crippen molar-refractivity contribution in [3.8, 4) is 0 Å². The third kappa shape index (κ3) is 5.36. The molecule has 3 N–H and O–H groups in total. The number of nitrogens with one attached hydrogen (secondary N) is 2. The number of rotatable bonds is 6. The third-order valence-corrected chi connectivity index (χ3v) is 3.59. The van der Waals surface area contributed by atoms with Crippen LogP contribution in [-0.2, 0) is 19.6 Å². The largest absolute Gasteiger partial charge is 0.481 e. The maximum absolute atomic E-state index is 11.9. The molecule has 1 aromatic carbocycles. The molecule has 7 nitrogen and oxygen atoms in total. The van der Waals surface area contributed by atoms with Gasteiger partial charge in [-0.2, -0.15) is 0 Å². The van der Waals surface area contributed by atoms with Crippen LogP contribution < -0.4 is 10.0 Å². The lowest BCUT2D eigenvalue weighted by atomic mass is 9.89. The van der Waals surface area contributed by atoms with Gasteiger partial charge >= 0.3 is 5.97 Å². The SMILES string of the molecule is Cc1ccc(NC(=O)CC(C)(C)C(=O)O)cc1NS(C)(=O)=O. The molecule has 1 aromatic rings. The summed E-state index contributed by atoms with van der Waals surface area (Å²) in [4.78, 5) is 22.9. The Bertz CT molecular complexity index is 695. The second-order valence-electron chi connectivity index (χ2n) is 5.82. The molecule has 0 saturated carbocycles. The molecule has 8 heteroatoms. The van der Waals surface area contributed by atoms with Gasteiger partial charge in [-0.15, -0.1) is 0 Å². The summed E-state index contributed by atoms with van der Waals surface area (Å²) in [6, 6.07) is 4.77. The highest BCUT2D eigenvalue weighted by Gasteiger charge is 2.30. The smallest absolute Gasteiger partial charge is 0.309 e. The first-order valence-electron chi connectivity index (χ1n) is 6.52. The Kier molecular flexibility index (Phi) is 5.18. The van der Waals surface area contributed by atoms with Crippen molar-refractivity contribution in [2.75, 3.05) is 16.3 Å². The number of carboxylic acids is 1. The number of carbonyl (C=O) groups excluding carboxylic acids is 1. The highest BCUT2D eigenvalue weighted by Crippen LogP contribution is 2.24. The topological polar surface area (TPSA) is 113 Å². The fraction of sp³-hybridized carbons (Fsp3) is 0.429. The molecule has 0 bridgehead atoms. The van der Waals surface area contributed by atoms with Gasteiger partial charge in [-0.25, -0.2) is 8.42 Å². The van der Waals surface area contributed by atoms with Crippen LogP contribution in [0.1, 0.15) is 25.8 Å². The number of benzene rings is 1. The summed E-state index contributed by atoms with van der Waals surface area (Å²) < 4.78 is 24.9. The fourth-order valence-electron chi connectivity index (χ4n) is 1.69. The van der Waals surface area contributed by atoms with Gasteiger partial charge in [0.15, 0.2) is 0 Å². The average molecular weight is 328 g/mol. The minimum absolute atomic E-state index is 0.189. The minimum atomic E-state index is -3.43. The maximum atomic E-state index is 11.9. The van der Waals surface area contributed by atoms with Crippen LogP contribution in [0.5, 0.6) is 0 Å². The van der Waals surface area contributed by atoms with Crippen molar-refractivity contribution in [1.29, 1.82) is 0 Å². The number of hydrogen-bond donors (Lipinski definition) is 3. The Hall–Kier alpha value is -2.09. The van der Waals surface area contributed by atoms with Crippen LogP contribution in [0.4, 0.5) is 11.4 Å². The number of carbonyl (C=O) groups is 2. The van der Waals surface area contributed by atoms with E-state index < -0.39 is 27.3 Å². The van der Waals surface area contributed by atoms with Gasteiger partial charge in [0.2, 0.25) is 15.9 Å². The van der Waals surface area contributed by atoms with Crippen molar-refractivity contribution in [1.82, 2.24) is 0 Å². The number of amides is 1. The van der Waals surface area contributed by atoms with E-state index in [9.17, 15) is 18.0 Å². The van der Waals surface area contributed by atoms with E-state index in [1.54, 1.807) is 19.1 Å². The molecule has 1 amide bonds. The molecular weight excluding hydrogens is 308 g/mol. The summed E-state index contributed by atoms with van der Waals surface area (Å²) >= 11 is 0. The molecule has 0 fully saturated rings. The summed E-state index contributed by atoms with van der Waals surface area (Å²) in [5, 5.41) is 11.6. The maximum Gasteiger partial charge on any atom is 0.309 e. The van der Waals surface area contributed by atoms with Crippen molar-refractivity contribution in [3.63, 3.8) is 0 Å². The van der Waals surface area contributed by atoms with Gasteiger partial charge < -0.3 is 10.4 Å². The molecule has 0 aliphatic rings. The van der Waals surface area contributed by atoms with Crippen LogP contribution in [0.3, 0.4) is 0 Å². The van der Waals surface area contributed by atoms with Gasteiger partial charge in [-0.3, -0.25) is 14.3 Å². The number of aliphatic carboxylic acids is 1. The summed E-state index contributed by atoms with van der Waals surface area (Å²) in [6.45, 7) is 4.65. The van der Waals surface area contributed by atoms with Gasteiger partial charge in [0.1, 0.15) is 0 Å². The van der Waals surface area contributed by atoms with Gasteiger partial charge in [0.05, 0.1) is 17.4 Å². The van der Waals surface area contributed by atoms with Crippen LogP contribution in [0.25, 0.3) is 0 Å². The fourth-order valence-corrected chi connectivity index (χ4v) is 2.31. The molecule has 22 heavy (non-hydrogen) atoms. The first-order chi connectivity index (χ1) is 9.90. The van der Waals surface area contributed by atoms with Crippen LogP contribution >= 0.6 is 0 Å². The van der Waals surface area contributed by atoms with E-state index in [2.05, 4.69) is 10.0 Å². The van der Waals surface area contributed by atoms with Gasteiger partial charge in [-0.05, 0) is 38.5 Å². The molecule has 0 atom stereocenters. The van der Waals surface area contributed by atoms with E-state index in [4.69, 9.17) is 5.11 Å². The van der Waals surface area contributed by atoms with Crippen LogP contribution in [0.15, 0.2) is 18.2 Å². The van der Waals surface area contributed by atoms with Gasteiger partial charge in [0, 0.05) is 12.1 Å². The standard InChI is InChI=1S/C14H20N2O5S/c1-9-5-6-10(7-11(9)16-22(4,20)21)15-12(17)8-14(2,3)13(18)19/h5-7,16H,8H2,1-4H3,(H,15,17)(H,18,19). The number of carboxylic acid groups (broad SMARTS) is 1. The zero-order valence-corrected chi connectivity index (χ0v) is 13.7. The second-order valence-corrected chi connectivity index (χ2v) is 7.57. The molecule has 0 unspecified atom stereocenters. The molecule has 0 radical (unpaired) electrons. The zero-order valence-electron chi connectivity index (χ0n) is 12.9. The van der Waals surface area contributed by atoms with E-state index in [0.29, 0.717) is 16.9 Å². The third-order valence-electron chi connectivity index (χ3n) is 3.00. The van der Waals surface area contributed by atoms with Crippen LogP contribution in [-0.4, -0.2) is 31.7 Å². The van der Waals surface area contributed by atoms with Crippen molar-refractivity contribution in [3.05, 3.63) is 23.8 Å². The Balaban J connectivity index is 2.89. The Morgan fingerprint density at radius 1 is 1.27 bits per heavy atom. The minimum Gasteiger partial charge on any atom is -0.481 e. The predicted molar refractivity (Wildman–Crippen MR) is 84.3 cm³/mol. The molecule has 0 heterocycles. The summed E-state index contributed by atoms with van der Waals surface area (Å²) in [5.41, 5.74) is 0.276. The Morgan fingerprint density at radius 3 is 2.36 bits per heavy atom. The van der Waals surface area contributed by atoms with E-state index in [1.807, 2.05) is 0 Å². The summed E-state index contributed by atoms with van der Waals surface area (Å²) in [7, 11) is -3.43. The quantitative estimate of drug-likeness (QED) is 0.737. The van der Waals surface area contributed by atoms with Crippen molar-refractivity contribution in [2.45, 2.75) is 27.2 Å². The lowest BCUT2D eigenvalue weighted by Gasteiger charge is -2.18. The van der Waals surface area contributed by atoms with E-state index in [0.717, 1.165) is 6.26 Å². The van der Waals surface area contributed by atoms with Crippen molar-refractivity contribution < 1.29 is 23.1 Å². The van der Waals surface area contributed by atoms with Crippen LogP contribution in [0, 0.1) is 12.3 Å². The van der Waals surface area contributed by atoms with E-state index in [1.165, 1.54) is 19.9 Å². The molecule has 0 aliphatic heterocycles. The van der Waals surface area contributed by atoms with Crippen LogP contribution in [0.2, 0.25) is 0 Å². The first-order valence-corrected chi connectivity index (χ1v) is 8.41. The second kappa shape index (κ2) is 6.35. The first kappa shape index (κ1) is 18.0. The van der Waals surface area contributed by atoms with Gasteiger partial charge in [-0.1, -0.05) is 6.07 Å². The van der Waals surface area contributed by atoms with Crippen molar-refractivity contribution in [2.24, 2.45) is 5.41 Å². The van der Waals surface area contributed by atoms with E-state index in [-0.39, 0.29) is 6.42 Å². The molecule has 0 aliphatic carbocycles. The number of aryl methyl sites for hydroxylation is 1. The highest BCUT2D eigenvalue weighted by molar-refractivity contribution is 7.92. The Labute approximate surface area is 129 Å². The summed E-state index contributed by atoms with van der Waals surface area (Å²) in [6.07, 6.45) is 0.845. The number of sulfonamides is 1. The van der Waals surface area contributed by atoms with Gasteiger partial charge in [0.25, 0.3) is 0 Å². The predicted octanol–water partition coefficient (Wildman–Crippen LogP) is 1.81.